The maximum absolute atomic E-state index is 12.8. The highest BCUT2D eigenvalue weighted by Crippen LogP contribution is 2.28. The number of methoxy groups -OCH3 is 1. The summed E-state index contributed by atoms with van der Waals surface area (Å²) >= 11 is 0. The predicted molar refractivity (Wildman–Crippen MR) is 106 cm³/mol. The normalized spacial score (nSPS) is 19.2. The fourth-order valence-corrected chi connectivity index (χ4v) is 5.28. The number of hydrogen-bond acceptors (Lipinski definition) is 5. The molecule has 2 unspecified atom stereocenters. The summed E-state index contributed by atoms with van der Waals surface area (Å²) in [6.07, 6.45) is 1.82. The van der Waals surface area contributed by atoms with Gasteiger partial charge in [0, 0.05) is 18.7 Å². The smallest absolute Gasteiger partial charge is 0.238 e. The van der Waals surface area contributed by atoms with Crippen molar-refractivity contribution in [3.63, 3.8) is 0 Å². The first-order chi connectivity index (χ1) is 12.8. The van der Waals surface area contributed by atoms with Crippen LogP contribution in [0, 0.1) is 0 Å². The Labute approximate surface area is 162 Å². The lowest BCUT2D eigenvalue weighted by atomic mass is 10.0. The third kappa shape index (κ3) is 5.21. The Bertz CT molecular complexity index is 736. The lowest BCUT2D eigenvalue weighted by molar-refractivity contribution is -0.124. The number of ether oxygens (including phenoxy) is 1. The van der Waals surface area contributed by atoms with Crippen LogP contribution in [-0.4, -0.2) is 69.6 Å². The third-order valence-electron chi connectivity index (χ3n) is 4.92. The molecule has 0 bridgehead atoms. The summed E-state index contributed by atoms with van der Waals surface area (Å²) in [6, 6.07) is 7.02. The fraction of sp³-hybridized carbons (Fsp3) is 0.632. The van der Waals surface area contributed by atoms with E-state index in [4.69, 9.17) is 4.74 Å². The molecule has 2 atom stereocenters. The van der Waals surface area contributed by atoms with Crippen molar-refractivity contribution >= 4 is 15.9 Å². The zero-order chi connectivity index (χ0) is 20.0. The second kappa shape index (κ2) is 9.52. The highest BCUT2D eigenvalue weighted by atomic mass is 32.2. The number of nitrogens with zero attached hydrogens (tertiary/aromatic N) is 2. The topological polar surface area (TPSA) is 79.0 Å². The molecule has 1 aliphatic rings. The second-order valence-electron chi connectivity index (χ2n) is 7.05. The van der Waals surface area contributed by atoms with Crippen LogP contribution in [0.5, 0.6) is 5.75 Å². The number of carbonyl (C=O) groups is 1. The molecule has 2 rings (SSSR count). The Kier molecular flexibility index (Phi) is 7.64. The van der Waals surface area contributed by atoms with Crippen molar-refractivity contribution in [1.29, 1.82) is 0 Å². The van der Waals surface area contributed by atoms with E-state index in [2.05, 4.69) is 5.32 Å². The Hall–Kier alpha value is -1.64. The van der Waals surface area contributed by atoms with Gasteiger partial charge in [-0.05, 0) is 39.4 Å². The molecule has 152 valence electrons. The van der Waals surface area contributed by atoms with E-state index in [1.54, 1.807) is 7.11 Å². The number of benzene rings is 1. The summed E-state index contributed by atoms with van der Waals surface area (Å²) in [5.41, 5.74) is 0.979. The summed E-state index contributed by atoms with van der Waals surface area (Å²) in [7, 11) is 2.13. The van der Waals surface area contributed by atoms with Crippen LogP contribution in [0.4, 0.5) is 0 Å². The quantitative estimate of drug-likeness (QED) is 0.685. The Morgan fingerprint density at radius 3 is 2.70 bits per heavy atom. The Morgan fingerprint density at radius 1 is 1.37 bits per heavy atom. The average Bonchev–Trinajstić information content (AvgIpc) is 3.12. The van der Waals surface area contributed by atoms with E-state index in [1.165, 1.54) is 4.31 Å². The van der Waals surface area contributed by atoms with Crippen LogP contribution in [0.1, 0.15) is 37.8 Å². The number of amides is 1. The van der Waals surface area contributed by atoms with Gasteiger partial charge in [-0.15, -0.1) is 0 Å². The van der Waals surface area contributed by atoms with Crippen molar-refractivity contribution in [3.8, 4) is 5.75 Å². The monoisotopic (exact) mass is 397 g/mol. The third-order valence-corrected chi connectivity index (χ3v) is 6.99. The lowest BCUT2D eigenvalue weighted by Crippen LogP contribution is -2.48. The van der Waals surface area contributed by atoms with Crippen molar-refractivity contribution in [2.45, 2.75) is 38.3 Å². The first-order valence-electron chi connectivity index (χ1n) is 9.38. The van der Waals surface area contributed by atoms with Gasteiger partial charge in [-0.1, -0.05) is 25.1 Å². The van der Waals surface area contributed by atoms with Crippen LogP contribution in [0.2, 0.25) is 0 Å². The summed E-state index contributed by atoms with van der Waals surface area (Å²) in [5, 5.41) is 2.96. The van der Waals surface area contributed by atoms with Crippen molar-refractivity contribution in [1.82, 2.24) is 14.5 Å². The van der Waals surface area contributed by atoms with E-state index >= 15 is 0 Å². The van der Waals surface area contributed by atoms with E-state index in [1.807, 2.05) is 50.2 Å². The molecule has 1 saturated heterocycles. The molecule has 0 saturated carbocycles. The maximum atomic E-state index is 12.8. The molecule has 1 heterocycles. The number of carbonyl (C=O) groups excluding carboxylic acids is 1. The van der Waals surface area contributed by atoms with E-state index in [0.717, 1.165) is 11.3 Å². The highest BCUT2D eigenvalue weighted by molar-refractivity contribution is 7.89. The van der Waals surface area contributed by atoms with Gasteiger partial charge in [0.05, 0.1) is 18.9 Å². The van der Waals surface area contributed by atoms with Gasteiger partial charge in [-0.3, -0.25) is 4.79 Å². The number of hydrogen-bond donors (Lipinski definition) is 1. The van der Waals surface area contributed by atoms with E-state index < -0.39 is 16.1 Å². The molecule has 1 fully saturated rings. The minimum Gasteiger partial charge on any atom is -0.496 e. The van der Waals surface area contributed by atoms with Crippen LogP contribution in [0.3, 0.4) is 0 Å². The first kappa shape index (κ1) is 21.7. The first-order valence-corrected chi connectivity index (χ1v) is 11.0. The molecule has 1 aromatic carbocycles. The molecule has 1 aromatic rings. The number of rotatable bonds is 9. The molecule has 8 heteroatoms. The van der Waals surface area contributed by atoms with Crippen LogP contribution in [0.15, 0.2) is 24.3 Å². The maximum Gasteiger partial charge on any atom is 0.238 e. The molecule has 0 spiro atoms. The SMILES string of the molecule is CCCS(=O)(=O)N1CCCC1C(=O)NCC(c1ccccc1OC)N(C)C. The molecule has 1 amide bonds. The van der Waals surface area contributed by atoms with Crippen molar-refractivity contribution < 1.29 is 17.9 Å². The van der Waals surface area contributed by atoms with E-state index in [9.17, 15) is 13.2 Å². The zero-order valence-corrected chi connectivity index (χ0v) is 17.5. The largest absolute Gasteiger partial charge is 0.496 e. The molecule has 0 radical (unpaired) electrons. The van der Waals surface area contributed by atoms with E-state index in [-0.39, 0.29) is 17.7 Å². The number of para-hydroxylation sites is 1. The van der Waals surface area contributed by atoms with Crippen LogP contribution in [0.25, 0.3) is 0 Å². The second-order valence-corrected chi connectivity index (χ2v) is 9.09. The summed E-state index contributed by atoms with van der Waals surface area (Å²) in [6.45, 7) is 2.63. The fourth-order valence-electron chi connectivity index (χ4n) is 3.54. The molecule has 7 nitrogen and oxygen atoms in total. The summed E-state index contributed by atoms with van der Waals surface area (Å²) < 4.78 is 31.7. The zero-order valence-electron chi connectivity index (χ0n) is 16.6. The van der Waals surface area contributed by atoms with Gasteiger partial charge in [0.15, 0.2) is 0 Å². The van der Waals surface area contributed by atoms with Gasteiger partial charge in [0.1, 0.15) is 11.8 Å². The van der Waals surface area contributed by atoms with Gasteiger partial charge in [-0.2, -0.15) is 4.31 Å². The van der Waals surface area contributed by atoms with Crippen LogP contribution >= 0.6 is 0 Å². The number of sulfonamides is 1. The molecular weight excluding hydrogens is 366 g/mol. The van der Waals surface area contributed by atoms with Gasteiger partial charge >= 0.3 is 0 Å². The minimum atomic E-state index is -3.38. The lowest BCUT2D eigenvalue weighted by Gasteiger charge is -2.28. The Morgan fingerprint density at radius 2 is 2.07 bits per heavy atom. The van der Waals surface area contributed by atoms with Gasteiger partial charge in [-0.25, -0.2) is 8.42 Å². The summed E-state index contributed by atoms with van der Waals surface area (Å²) in [5.74, 6) is 0.616. The minimum absolute atomic E-state index is 0.0767. The molecule has 0 aromatic heterocycles. The van der Waals surface area contributed by atoms with Gasteiger partial charge in [0.2, 0.25) is 15.9 Å². The van der Waals surface area contributed by atoms with Crippen molar-refractivity contribution in [2.75, 3.05) is 40.0 Å². The van der Waals surface area contributed by atoms with Crippen LogP contribution in [-0.2, 0) is 14.8 Å². The summed E-state index contributed by atoms with van der Waals surface area (Å²) in [4.78, 5) is 14.8. The number of nitrogens with one attached hydrogen (secondary N) is 1. The standard InChI is InChI=1S/C19H31N3O4S/c1-5-13-27(24,25)22-12-8-10-16(22)19(23)20-14-17(21(2)3)15-9-6-7-11-18(15)26-4/h6-7,9,11,16-17H,5,8,10,12-14H2,1-4H3,(H,20,23). The van der Waals surface area contributed by atoms with Crippen LogP contribution < -0.4 is 10.1 Å². The molecule has 27 heavy (non-hydrogen) atoms. The molecule has 1 aliphatic heterocycles. The van der Waals surface area contributed by atoms with Crippen molar-refractivity contribution in [3.05, 3.63) is 29.8 Å². The van der Waals surface area contributed by atoms with Crippen molar-refractivity contribution in [2.24, 2.45) is 0 Å². The highest BCUT2D eigenvalue weighted by Gasteiger charge is 2.38. The molecule has 1 N–H and O–H groups in total. The predicted octanol–water partition coefficient (Wildman–Crippen LogP) is 1.62. The van der Waals surface area contributed by atoms with E-state index in [0.29, 0.717) is 32.4 Å². The molecule has 0 aliphatic carbocycles. The van der Waals surface area contributed by atoms with Gasteiger partial charge < -0.3 is 15.0 Å². The van der Waals surface area contributed by atoms with Gasteiger partial charge in [0.25, 0.3) is 0 Å². The average molecular weight is 398 g/mol. The molecular formula is C19H31N3O4S. The Balaban J connectivity index is 2.10. The number of likely N-dealkylation sites (N-methyl/N-ethyl adjacent to an activating group) is 1.